The van der Waals surface area contributed by atoms with Crippen LogP contribution in [0.3, 0.4) is 0 Å². The first-order valence-corrected chi connectivity index (χ1v) is 6.22. The zero-order valence-corrected chi connectivity index (χ0v) is 11.4. The Labute approximate surface area is 104 Å². The molecule has 1 heterocycles. The second kappa shape index (κ2) is 5.80. The van der Waals surface area contributed by atoms with Crippen LogP contribution in [0.25, 0.3) is 0 Å². The molecule has 0 amide bonds. The van der Waals surface area contributed by atoms with E-state index in [1.807, 2.05) is 0 Å². The van der Waals surface area contributed by atoms with Crippen molar-refractivity contribution in [2.24, 2.45) is 5.73 Å². The zero-order chi connectivity index (χ0) is 13.1. The summed E-state index contributed by atoms with van der Waals surface area (Å²) in [4.78, 5) is 16.0. The van der Waals surface area contributed by atoms with Gasteiger partial charge in [-0.2, -0.15) is 0 Å². The molecule has 1 saturated heterocycles. The van der Waals surface area contributed by atoms with E-state index >= 15 is 0 Å². The summed E-state index contributed by atoms with van der Waals surface area (Å²) in [7, 11) is 2.13. The Morgan fingerprint density at radius 1 is 1.47 bits per heavy atom. The highest BCUT2D eigenvalue weighted by Gasteiger charge is 2.32. The molecule has 5 heteroatoms. The number of carbonyl (C=O) groups excluding carboxylic acids is 1. The third-order valence-corrected chi connectivity index (χ3v) is 3.44. The molecular formula is C12H25N3O2. The third-order valence-electron chi connectivity index (χ3n) is 3.44. The van der Waals surface area contributed by atoms with E-state index in [-0.39, 0.29) is 11.5 Å². The summed E-state index contributed by atoms with van der Waals surface area (Å²) in [5, 5.41) is 0. The maximum absolute atomic E-state index is 11.5. The molecule has 0 aromatic carbocycles. The smallest absolute Gasteiger partial charge is 0.324 e. The zero-order valence-electron chi connectivity index (χ0n) is 11.4. The van der Waals surface area contributed by atoms with Crippen LogP contribution in [0.15, 0.2) is 0 Å². The Hall–Kier alpha value is -0.650. The molecule has 17 heavy (non-hydrogen) atoms. The average Bonchev–Trinajstić information content (AvgIpc) is 2.23. The molecule has 0 bridgehead atoms. The summed E-state index contributed by atoms with van der Waals surface area (Å²) in [5.74, 6) is -0.302. The van der Waals surface area contributed by atoms with Gasteiger partial charge in [0.2, 0.25) is 0 Å². The fourth-order valence-electron chi connectivity index (χ4n) is 2.10. The minimum atomic E-state index is -0.533. The largest absolute Gasteiger partial charge is 0.465 e. The van der Waals surface area contributed by atoms with Gasteiger partial charge in [-0.3, -0.25) is 14.6 Å². The first kappa shape index (κ1) is 14.4. The lowest BCUT2D eigenvalue weighted by atomic mass is 9.99. The van der Waals surface area contributed by atoms with Crippen LogP contribution in [-0.2, 0) is 9.53 Å². The lowest BCUT2D eigenvalue weighted by molar-refractivity contribution is -0.145. The molecule has 0 aromatic heterocycles. The Kier molecular flexibility index (Phi) is 4.91. The lowest BCUT2D eigenvalue weighted by Crippen LogP contribution is -2.59. The highest BCUT2D eigenvalue weighted by molar-refractivity contribution is 5.75. The van der Waals surface area contributed by atoms with Crippen LogP contribution in [0.1, 0.15) is 20.8 Å². The van der Waals surface area contributed by atoms with E-state index < -0.39 is 6.04 Å². The van der Waals surface area contributed by atoms with Gasteiger partial charge in [0.15, 0.2) is 0 Å². The number of hydrogen-bond acceptors (Lipinski definition) is 5. The van der Waals surface area contributed by atoms with Crippen LogP contribution in [0.2, 0.25) is 0 Å². The number of carbonyl (C=O) groups is 1. The highest BCUT2D eigenvalue weighted by Crippen LogP contribution is 2.18. The summed E-state index contributed by atoms with van der Waals surface area (Å²) in [5.41, 5.74) is 5.96. The molecule has 0 spiro atoms. The van der Waals surface area contributed by atoms with Gasteiger partial charge in [-0.1, -0.05) is 0 Å². The molecule has 0 radical (unpaired) electrons. The summed E-state index contributed by atoms with van der Waals surface area (Å²) >= 11 is 0. The van der Waals surface area contributed by atoms with Crippen LogP contribution in [0, 0.1) is 0 Å². The van der Waals surface area contributed by atoms with Gasteiger partial charge in [0.1, 0.15) is 6.04 Å². The molecule has 1 rings (SSSR count). The molecule has 0 aromatic rings. The third kappa shape index (κ3) is 3.94. The molecule has 1 unspecified atom stereocenters. The summed E-state index contributed by atoms with van der Waals surface area (Å²) < 4.78 is 4.92. The lowest BCUT2D eigenvalue weighted by Gasteiger charge is -2.45. The number of nitrogens with two attached hydrogens (primary N) is 1. The van der Waals surface area contributed by atoms with Crippen molar-refractivity contribution in [2.45, 2.75) is 32.4 Å². The van der Waals surface area contributed by atoms with Crippen molar-refractivity contribution in [2.75, 3.05) is 39.8 Å². The normalized spacial score (nSPS) is 23.4. The van der Waals surface area contributed by atoms with Crippen molar-refractivity contribution in [3.8, 4) is 0 Å². The maximum atomic E-state index is 11.5. The molecule has 2 N–H and O–H groups in total. The van der Waals surface area contributed by atoms with Crippen LogP contribution >= 0.6 is 0 Å². The summed E-state index contributed by atoms with van der Waals surface area (Å²) in [6.07, 6.45) is 0. The van der Waals surface area contributed by atoms with Crippen molar-refractivity contribution < 1.29 is 9.53 Å². The average molecular weight is 243 g/mol. The molecule has 1 aliphatic heterocycles. The Morgan fingerprint density at radius 2 is 2.12 bits per heavy atom. The van der Waals surface area contributed by atoms with Gasteiger partial charge >= 0.3 is 5.97 Å². The van der Waals surface area contributed by atoms with E-state index in [1.54, 1.807) is 6.92 Å². The van der Waals surface area contributed by atoms with Crippen LogP contribution in [0.4, 0.5) is 0 Å². The van der Waals surface area contributed by atoms with E-state index in [1.165, 1.54) is 0 Å². The standard InChI is InChI=1S/C12H25N3O2/c1-5-17-11(16)10(13)8-15-7-6-14(4)12(2,3)9-15/h10H,5-9,13H2,1-4H3. The minimum absolute atomic E-state index is 0.132. The fourth-order valence-corrected chi connectivity index (χ4v) is 2.10. The van der Waals surface area contributed by atoms with Crippen LogP contribution in [0.5, 0.6) is 0 Å². The van der Waals surface area contributed by atoms with Crippen LogP contribution in [-0.4, -0.2) is 67.2 Å². The summed E-state index contributed by atoms with van der Waals surface area (Å²) in [6.45, 7) is 10.1. The second-order valence-electron chi connectivity index (χ2n) is 5.33. The van der Waals surface area contributed by atoms with Gasteiger partial charge in [0, 0.05) is 31.7 Å². The van der Waals surface area contributed by atoms with E-state index in [4.69, 9.17) is 10.5 Å². The number of rotatable bonds is 4. The van der Waals surface area contributed by atoms with Crippen molar-refractivity contribution in [3.05, 3.63) is 0 Å². The van der Waals surface area contributed by atoms with E-state index in [0.717, 1.165) is 19.6 Å². The van der Waals surface area contributed by atoms with Gasteiger partial charge in [-0.25, -0.2) is 0 Å². The SMILES string of the molecule is CCOC(=O)C(N)CN1CCN(C)C(C)(C)C1. The maximum Gasteiger partial charge on any atom is 0.324 e. The predicted molar refractivity (Wildman–Crippen MR) is 67.8 cm³/mol. The van der Waals surface area contributed by atoms with E-state index in [0.29, 0.717) is 13.2 Å². The number of nitrogens with zero attached hydrogens (tertiary/aromatic N) is 2. The number of hydrogen-bond donors (Lipinski definition) is 1. The molecule has 1 fully saturated rings. The molecular weight excluding hydrogens is 218 g/mol. The highest BCUT2D eigenvalue weighted by atomic mass is 16.5. The van der Waals surface area contributed by atoms with Gasteiger partial charge in [0.05, 0.1) is 6.61 Å². The van der Waals surface area contributed by atoms with Crippen molar-refractivity contribution in [1.29, 1.82) is 0 Å². The van der Waals surface area contributed by atoms with Gasteiger partial charge in [0.25, 0.3) is 0 Å². The molecule has 1 atom stereocenters. The van der Waals surface area contributed by atoms with Gasteiger partial charge in [-0.15, -0.1) is 0 Å². The fraction of sp³-hybridized carbons (Fsp3) is 0.917. The molecule has 0 saturated carbocycles. The second-order valence-corrected chi connectivity index (χ2v) is 5.33. The first-order valence-electron chi connectivity index (χ1n) is 6.22. The number of esters is 1. The predicted octanol–water partition coefficient (Wildman–Crippen LogP) is -0.0972. The molecule has 0 aliphatic carbocycles. The number of ether oxygens (including phenoxy) is 1. The number of piperazine rings is 1. The topological polar surface area (TPSA) is 58.8 Å². The summed E-state index contributed by atoms with van der Waals surface area (Å²) in [6, 6.07) is -0.533. The Balaban J connectivity index is 2.45. The van der Waals surface area contributed by atoms with Crippen LogP contribution < -0.4 is 5.73 Å². The molecule has 100 valence electrons. The van der Waals surface area contributed by atoms with E-state index in [2.05, 4.69) is 30.7 Å². The first-order chi connectivity index (χ1) is 7.86. The van der Waals surface area contributed by atoms with Crippen molar-refractivity contribution in [3.63, 3.8) is 0 Å². The molecule has 1 aliphatic rings. The van der Waals surface area contributed by atoms with Gasteiger partial charge in [-0.05, 0) is 27.8 Å². The molecule has 5 nitrogen and oxygen atoms in total. The van der Waals surface area contributed by atoms with Crippen molar-refractivity contribution in [1.82, 2.24) is 9.80 Å². The van der Waals surface area contributed by atoms with Gasteiger partial charge < -0.3 is 10.5 Å². The quantitative estimate of drug-likeness (QED) is 0.699. The Bertz CT molecular complexity index is 268. The monoisotopic (exact) mass is 243 g/mol. The van der Waals surface area contributed by atoms with Crippen molar-refractivity contribution >= 4 is 5.97 Å². The number of likely N-dealkylation sites (N-methyl/N-ethyl adjacent to an activating group) is 1. The minimum Gasteiger partial charge on any atom is -0.465 e. The van der Waals surface area contributed by atoms with E-state index in [9.17, 15) is 4.79 Å². The Morgan fingerprint density at radius 3 is 2.65 bits per heavy atom.